The van der Waals surface area contributed by atoms with Gasteiger partial charge in [0.2, 0.25) is 0 Å². The van der Waals surface area contributed by atoms with Crippen LogP contribution < -0.4 is 5.32 Å². The maximum absolute atomic E-state index is 4.15. The standard InChI is InChI=1S/C15H27N/c1-2-4-8-14-10-6-7-11-15(16-14,13-12-14)9-5-3-1/h16H,1-13H2. The fraction of sp³-hybridized carbons (Fsp3) is 1.00. The van der Waals surface area contributed by atoms with Crippen molar-refractivity contribution in [3.05, 3.63) is 0 Å². The summed E-state index contributed by atoms with van der Waals surface area (Å²) in [6, 6.07) is 0. The van der Waals surface area contributed by atoms with E-state index in [4.69, 9.17) is 0 Å². The average molecular weight is 221 g/mol. The monoisotopic (exact) mass is 221 g/mol. The third kappa shape index (κ3) is 2.03. The Hall–Kier alpha value is -0.0400. The van der Waals surface area contributed by atoms with Gasteiger partial charge in [-0.05, 0) is 38.5 Å². The largest absolute Gasteiger partial charge is 0.306 e. The molecular formula is C15H27N. The first kappa shape index (κ1) is 11.1. The minimum atomic E-state index is 0.577. The van der Waals surface area contributed by atoms with Crippen molar-refractivity contribution in [1.29, 1.82) is 0 Å². The molecule has 2 atom stereocenters. The molecule has 0 saturated carbocycles. The Morgan fingerprint density at radius 1 is 0.438 bits per heavy atom. The molecule has 3 rings (SSSR count). The molecule has 92 valence electrons. The van der Waals surface area contributed by atoms with Crippen molar-refractivity contribution in [2.45, 2.75) is 94.5 Å². The van der Waals surface area contributed by atoms with E-state index < -0.39 is 0 Å². The summed E-state index contributed by atoms with van der Waals surface area (Å²) in [7, 11) is 0. The first-order valence-electron chi connectivity index (χ1n) is 7.62. The second kappa shape index (κ2) is 4.33. The average Bonchev–Trinajstić information content (AvgIpc) is 2.51. The Bertz CT molecular complexity index is 226. The van der Waals surface area contributed by atoms with Crippen molar-refractivity contribution >= 4 is 0 Å². The summed E-state index contributed by atoms with van der Waals surface area (Å²) >= 11 is 0. The summed E-state index contributed by atoms with van der Waals surface area (Å²) in [6.07, 6.45) is 19.2. The van der Waals surface area contributed by atoms with E-state index in [0.29, 0.717) is 11.1 Å². The van der Waals surface area contributed by atoms with Crippen LogP contribution in [-0.2, 0) is 0 Å². The van der Waals surface area contributed by atoms with E-state index in [0.717, 1.165) is 0 Å². The first-order chi connectivity index (χ1) is 7.83. The van der Waals surface area contributed by atoms with Crippen LogP contribution in [0.2, 0.25) is 0 Å². The third-order valence-electron chi connectivity index (χ3n) is 5.48. The summed E-state index contributed by atoms with van der Waals surface area (Å²) in [4.78, 5) is 0. The van der Waals surface area contributed by atoms with Crippen LogP contribution in [0.3, 0.4) is 0 Å². The second-order valence-electron chi connectivity index (χ2n) is 6.66. The van der Waals surface area contributed by atoms with Crippen LogP contribution in [0.25, 0.3) is 0 Å². The fourth-order valence-corrected chi connectivity index (χ4v) is 4.55. The number of rotatable bonds is 0. The molecule has 2 unspecified atom stereocenters. The third-order valence-corrected chi connectivity index (χ3v) is 5.48. The van der Waals surface area contributed by atoms with Gasteiger partial charge in [0.15, 0.2) is 0 Å². The van der Waals surface area contributed by atoms with Gasteiger partial charge in [0.05, 0.1) is 0 Å². The topological polar surface area (TPSA) is 12.0 Å². The molecule has 0 aromatic heterocycles. The molecule has 3 heterocycles. The van der Waals surface area contributed by atoms with Gasteiger partial charge >= 0.3 is 0 Å². The Morgan fingerprint density at radius 3 is 1.31 bits per heavy atom. The predicted molar refractivity (Wildman–Crippen MR) is 68.6 cm³/mol. The van der Waals surface area contributed by atoms with Gasteiger partial charge in [0, 0.05) is 11.1 Å². The quantitative estimate of drug-likeness (QED) is 0.647. The van der Waals surface area contributed by atoms with Crippen LogP contribution in [-0.4, -0.2) is 11.1 Å². The number of nitrogens with one attached hydrogen (secondary N) is 1. The summed E-state index contributed by atoms with van der Waals surface area (Å²) in [5.41, 5.74) is 1.15. The van der Waals surface area contributed by atoms with Gasteiger partial charge in [-0.25, -0.2) is 0 Å². The van der Waals surface area contributed by atoms with Crippen molar-refractivity contribution in [3.8, 4) is 0 Å². The number of hydrogen-bond donors (Lipinski definition) is 1. The molecule has 16 heavy (non-hydrogen) atoms. The minimum Gasteiger partial charge on any atom is -0.306 e. The molecule has 0 aromatic carbocycles. The Morgan fingerprint density at radius 2 is 0.812 bits per heavy atom. The van der Waals surface area contributed by atoms with Crippen LogP contribution in [0.1, 0.15) is 83.5 Å². The Kier molecular flexibility index (Phi) is 2.99. The highest BCUT2D eigenvalue weighted by molar-refractivity contribution is 5.07. The molecule has 1 heteroatoms. The van der Waals surface area contributed by atoms with Crippen molar-refractivity contribution in [1.82, 2.24) is 5.32 Å². The highest BCUT2D eigenvalue weighted by atomic mass is 15.1. The van der Waals surface area contributed by atoms with Crippen LogP contribution >= 0.6 is 0 Å². The predicted octanol–water partition coefficient (Wildman–Crippen LogP) is 4.17. The highest BCUT2D eigenvalue weighted by Gasteiger charge is 2.47. The molecule has 0 spiro atoms. The number of hydrogen-bond acceptors (Lipinski definition) is 1. The van der Waals surface area contributed by atoms with Crippen molar-refractivity contribution in [3.63, 3.8) is 0 Å². The molecule has 1 N–H and O–H groups in total. The maximum atomic E-state index is 4.15. The van der Waals surface area contributed by atoms with Gasteiger partial charge < -0.3 is 5.32 Å². The van der Waals surface area contributed by atoms with Crippen LogP contribution in [0.15, 0.2) is 0 Å². The van der Waals surface area contributed by atoms with Crippen LogP contribution in [0, 0.1) is 0 Å². The molecule has 0 aromatic rings. The van der Waals surface area contributed by atoms with E-state index >= 15 is 0 Å². The summed E-state index contributed by atoms with van der Waals surface area (Å²) in [5.74, 6) is 0. The molecule has 1 nitrogen and oxygen atoms in total. The first-order valence-corrected chi connectivity index (χ1v) is 7.62. The zero-order chi connectivity index (χ0) is 10.9. The van der Waals surface area contributed by atoms with E-state index in [9.17, 15) is 0 Å². The van der Waals surface area contributed by atoms with E-state index in [2.05, 4.69) is 5.32 Å². The van der Waals surface area contributed by atoms with Gasteiger partial charge in [-0.3, -0.25) is 0 Å². The van der Waals surface area contributed by atoms with Crippen LogP contribution in [0.5, 0.6) is 0 Å². The molecular weight excluding hydrogens is 194 g/mol. The SMILES string of the molecule is C1CCCC23CCCCC(CCC1)(CC2)N3. The molecule has 0 radical (unpaired) electrons. The van der Waals surface area contributed by atoms with Crippen LogP contribution in [0.4, 0.5) is 0 Å². The highest BCUT2D eigenvalue weighted by Crippen LogP contribution is 2.46. The summed E-state index contributed by atoms with van der Waals surface area (Å²) < 4.78 is 0. The molecule has 3 aliphatic rings. The lowest BCUT2D eigenvalue weighted by atomic mass is 9.82. The Balaban J connectivity index is 1.81. The summed E-state index contributed by atoms with van der Waals surface area (Å²) in [6.45, 7) is 0. The van der Waals surface area contributed by atoms with Crippen molar-refractivity contribution in [2.75, 3.05) is 0 Å². The molecule has 3 aliphatic heterocycles. The lowest BCUT2D eigenvalue weighted by Gasteiger charge is -2.35. The lowest BCUT2D eigenvalue weighted by molar-refractivity contribution is 0.249. The normalized spacial score (nSPS) is 45.0. The van der Waals surface area contributed by atoms with Crippen molar-refractivity contribution in [2.24, 2.45) is 0 Å². The summed E-state index contributed by atoms with van der Waals surface area (Å²) in [5, 5.41) is 4.15. The smallest absolute Gasteiger partial charge is 0.0187 e. The molecule has 0 aliphatic carbocycles. The zero-order valence-corrected chi connectivity index (χ0v) is 10.7. The van der Waals surface area contributed by atoms with Crippen molar-refractivity contribution < 1.29 is 0 Å². The van der Waals surface area contributed by atoms with E-state index in [-0.39, 0.29) is 0 Å². The fourth-order valence-electron chi connectivity index (χ4n) is 4.55. The van der Waals surface area contributed by atoms with Gasteiger partial charge in [-0.15, -0.1) is 0 Å². The maximum Gasteiger partial charge on any atom is 0.0187 e. The van der Waals surface area contributed by atoms with E-state index in [1.807, 2.05) is 0 Å². The van der Waals surface area contributed by atoms with Gasteiger partial charge in [-0.2, -0.15) is 0 Å². The van der Waals surface area contributed by atoms with Gasteiger partial charge in [0.25, 0.3) is 0 Å². The van der Waals surface area contributed by atoms with Gasteiger partial charge in [0.1, 0.15) is 0 Å². The molecule has 3 fully saturated rings. The Labute approximate surface area is 100 Å². The second-order valence-corrected chi connectivity index (χ2v) is 6.66. The molecule has 0 amide bonds. The van der Waals surface area contributed by atoms with E-state index in [1.165, 1.54) is 83.5 Å². The van der Waals surface area contributed by atoms with Gasteiger partial charge in [-0.1, -0.05) is 44.9 Å². The minimum absolute atomic E-state index is 0.577. The zero-order valence-electron chi connectivity index (χ0n) is 10.7. The lowest BCUT2D eigenvalue weighted by Crippen LogP contribution is -2.49. The molecule has 3 saturated heterocycles. The van der Waals surface area contributed by atoms with E-state index in [1.54, 1.807) is 0 Å². The molecule has 2 bridgehead atoms.